The van der Waals surface area contributed by atoms with E-state index in [4.69, 9.17) is 4.74 Å². The number of benzene rings is 2. The third-order valence-electron chi connectivity index (χ3n) is 5.80. The maximum atomic E-state index is 13.2. The molecule has 0 aliphatic rings. The zero-order valence-corrected chi connectivity index (χ0v) is 22.6. The number of unbranched alkanes of at least 4 members (excludes halogenated alkanes) is 2. The van der Waals surface area contributed by atoms with E-state index < -0.39 is 15.9 Å². The minimum Gasteiger partial charge on any atom is -0.497 e. The third kappa shape index (κ3) is 6.39. The van der Waals surface area contributed by atoms with Gasteiger partial charge in [0.15, 0.2) is 4.80 Å². The van der Waals surface area contributed by atoms with Crippen LogP contribution in [0.15, 0.2) is 52.4 Å². The number of nitrogens with zero attached hydrogens (tertiary/aromatic N) is 3. The number of aryl methyl sites for hydroxylation is 1. The van der Waals surface area contributed by atoms with Gasteiger partial charge in [-0.1, -0.05) is 44.9 Å². The number of carbonyl (C=O) groups excluding carboxylic acids is 1. The fourth-order valence-corrected chi connectivity index (χ4v) is 6.40. The molecule has 0 unspecified atom stereocenters. The molecule has 1 amide bonds. The highest BCUT2D eigenvalue weighted by atomic mass is 32.2. The van der Waals surface area contributed by atoms with Gasteiger partial charge in [0.2, 0.25) is 10.0 Å². The highest BCUT2D eigenvalue weighted by Gasteiger charge is 2.23. The van der Waals surface area contributed by atoms with E-state index in [0.29, 0.717) is 23.5 Å². The molecule has 1 aromatic heterocycles. The van der Waals surface area contributed by atoms with E-state index in [1.54, 1.807) is 23.5 Å². The summed E-state index contributed by atoms with van der Waals surface area (Å²) >= 11 is 1.44. The smallest absolute Gasteiger partial charge is 0.279 e. The Morgan fingerprint density at radius 2 is 1.66 bits per heavy atom. The van der Waals surface area contributed by atoms with E-state index >= 15 is 0 Å². The lowest BCUT2D eigenvalue weighted by molar-refractivity contribution is 0.0997. The van der Waals surface area contributed by atoms with Gasteiger partial charge in [0.1, 0.15) is 5.75 Å². The van der Waals surface area contributed by atoms with Gasteiger partial charge >= 0.3 is 0 Å². The SMILES string of the molecule is CCCCN(CCCC)S(=O)(=O)c1ccc(C(=O)N=c2sc3cc(OC)ccc3n2CCC)cc1. The fourth-order valence-electron chi connectivity index (χ4n) is 3.80. The molecule has 0 saturated heterocycles. The minimum atomic E-state index is -3.61. The topological polar surface area (TPSA) is 81.0 Å². The molecule has 9 heteroatoms. The summed E-state index contributed by atoms with van der Waals surface area (Å²) in [6.45, 7) is 7.92. The number of amides is 1. The Morgan fingerprint density at radius 1 is 1.00 bits per heavy atom. The van der Waals surface area contributed by atoms with Gasteiger partial charge in [0.25, 0.3) is 5.91 Å². The summed E-state index contributed by atoms with van der Waals surface area (Å²) in [5.74, 6) is 0.357. The number of rotatable bonds is 12. The lowest BCUT2D eigenvalue weighted by Gasteiger charge is -2.22. The fraction of sp³-hybridized carbons (Fsp3) is 0.462. The Bertz CT molecular complexity index is 1300. The minimum absolute atomic E-state index is 0.205. The molecule has 3 rings (SSSR count). The van der Waals surface area contributed by atoms with Crippen LogP contribution in [0, 0.1) is 0 Å². The van der Waals surface area contributed by atoms with Crippen molar-refractivity contribution >= 4 is 37.5 Å². The van der Waals surface area contributed by atoms with E-state index in [-0.39, 0.29) is 4.90 Å². The second-order valence-electron chi connectivity index (χ2n) is 8.42. The first-order valence-corrected chi connectivity index (χ1v) is 14.5. The molecule has 0 atom stereocenters. The molecule has 190 valence electrons. The van der Waals surface area contributed by atoms with Crippen LogP contribution in [0.25, 0.3) is 10.2 Å². The van der Waals surface area contributed by atoms with Crippen molar-refractivity contribution in [3.63, 3.8) is 0 Å². The van der Waals surface area contributed by atoms with Crippen molar-refractivity contribution in [1.82, 2.24) is 8.87 Å². The first-order valence-electron chi connectivity index (χ1n) is 12.2. The van der Waals surface area contributed by atoms with Crippen molar-refractivity contribution in [3.05, 3.63) is 52.8 Å². The zero-order valence-electron chi connectivity index (χ0n) is 21.0. The summed E-state index contributed by atoms with van der Waals surface area (Å²) in [4.78, 5) is 18.2. The number of fused-ring (bicyclic) bond motifs is 1. The number of methoxy groups -OCH3 is 1. The standard InChI is InChI=1S/C26H35N3O4S2/c1-5-8-17-28(18-9-6-2)35(31,32)22-13-10-20(11-14-22)25(30)27-26-29(16-7-3)23-15-12-21(33-4)19-24(23)34-26/h10-15,19H,5-9,16-18H2,1-4H3. The summed E-state index contributed by atoms with van der Waals surface area (Å²) in [5.41, 5.74) is 1.36. The first-order chi connectivity index (χ1) is 16.8. The predicted octanol–water partition coefficient (Wildman–Crippen LogP) is 5.45. The molecule has 0 aliphatic heterocycles. The Morgan fingerprint density at radius 3 is 2.23 bits per heavy atom. The summed E-state index contributed by atoms with van der Waals surface area (Å²) in [5, 5.41) is 0. The Hall–Kier alpha value is -2.49. The summed E-state index contributed by atoms with van der Waals surface area (Å²) in [7, 11) is -1.98. The van der Waals surface area contributed by atoms with E-state index in [2.05, 4.69) is 11.9 Å². The molecule has 1 heterocycles. The van der Waals surface area contributed by atoms with Crippen molar-refractivity contribution in [2.24, 2.45) is 4.99 Å². The average Bonchev–Trinajstić information content (AvgIpc) is 3.20. The van der Waals surface area contributed by atoms with Gasteiger partial charge in [-0.05, 0) is 61.7 Å². The zero-order chi connectivity index (χ0) is 25.4. The number of ether oxygens (including phenoxy) is 1. The van der Waals surface area contributed by atoms with E-state index in [1.807, 2.05) is 36.6 Å². The second-order valence-corrected chi connectivity index (χ2v) is 11.4. The van der Waals surface area contributed by atoms with E-state index in [0.717, 1.165) is 54.6 Å². The van der Waals surface area contributed by atoms with Crippen LogP contribution in [0.1, 0.15) is 63.2 Å². The quantitative estimate of drug-likeness (QED) is 0.320. The third-order valence-corrected chi connectivity index (χ3v) is 8.75. The Labute approximate surface area is 212 Å². The van der Waals surface area contributed by atoms with Crippen molar-refractivity contribution in [2.45, 2.75) is 64.3 Å². The van der Waals surface area contributed by atoms with Crippen LogP contribution in [-0.2, 0) is 16.6 Å². The molecule has 0 aliphatic carbocycles. The molecule has 0 saturated carbocycles. The maximum Gasteiger partial charge on any atom is 0.279 e. The molecular weight excluding hydrogens is 482 g/mol. The van der Waals surface area contributed by atoms with Gasteiger partial charge in [-0.3, -0.25) is 4.79 Å². The number of aromatic nitrogens is 1. The molecule has 0 fully saturated rings. The Balaban J connectivity index is 1.91. The number of thiazole rings is 1. The van der Waals surface area contributed by atoms with Crippen LogP contribution >= 0.6 is 11.3 Å². The highest BCUT2D eigenvalue weighted by Crippen LogP contribution is 2.24. The van der Waals surface area contributed by atoms with Crippen LogP contribution < -0.4 is 9.54 Å². The lowest BCUT2D eigenvalue weighted by atomic mass is 10.2. The van der Waals surface area contributed by atoms with Crippen LogP contribution in [0.2, 0.25) is 0 Å². The molecule has 0 bridgehead atoms. The number of hydrogen-bond acceptors (Lipinski definition) is 5. The molecular formula is C26H35N3O4S2. The van der Waals surface area contributed by atoms with Gasteiger partial charge in [0.05, 0.1) is 22.2 Å². The summed E-state index contributed by atoms with van der Waals surface area (Å²) < 4.78 is 36.3. The van der Waals surface area contributed by atoms with Gasteiger partial charge in [-0.2, -0.15) is 9.30 Å². The normalized spacial score (nSPS) is 12.5. The second kappa shape index (κ2) is 12.5. The molecule has 0 N–H and O–H groups in total. The van der Waals surface area contributed by atoms with Gasteiger partial charge in [-0.15, -0.1) is 0 Å². The monoisotopic (exact) mass is 517 g/mol. The predicted molar refractivity (Wildman–Crippen MR) is 142 cm³/mol. The number of carbonyl (C=O) groups is 1. The summed E-state index contributed by atoms with van der Waals surface area (Å²) in [6.07, 6.45) is 4.39. The van der Waals surface area contributed by atoms with Crippen LogP contribution in [0.3, 0.4) is 0 Å². The van der Waals surface area contributed by atoms with Crippen molar-refractivity contribution in [2.75, 3.05) is 20.2 Å². The van der Waals surface area contributed by atoms with E-state index in [9.17, 15) is 13.2 Å². The van der Waals surface area contributed by atoms with E-state index in [1.165, 1.54) is 23.5 Å². The molecule has 3 aromatic rings. The van der Waals surface area contributed by atoms with Gasteiger partial charge in [0, 0.05) is 25.2 Å². The van der Waals surface area contributed by atoms with Crippen LogP contribution in [-0.4, -0.2) is 43.4 Å². The number of sulfonamides is 1. The average molecular weight is 518 g/mol. The van der Waals surface area contributed by atoms with Crippen molar-refractivity contribution in [1.29, 1.82) is 0 Å². The lowest BCUT2D eigenvalue weighted by Crippen LogP contribution is -2.33. The Kier molecular flexibility index (Phi) is 9.65. The molecule has 0 spiro atoms. The van der Waals surface area contributed by atoms with Crippen molar-refractivity contribution in [3.8, 4) is 5.75 Å². The van der Waals surface area contributed by atoms with Gasteiger partial charge in [-0.25, -0.2) is 8.42 Å². The highest BCUT2D eigenvalue weighted by molar-refractivity contribution is 7.89. The van der Waals surface area contributed by atoms with Crippen LogP contribution in [0.5, 0.6) is 5.75 Å². The molecule has 0 radical (unpaired) electrons. The first kappa shape index (κ1) is 27.1. The largest absolute Gasteiger partial charge is 0.497 e. The van der Waals surface area contributed by atoms with Crippen molar-refractivity contribution < 1.29 is 17.9 Å². The molecule has 2 aromatic carbocycles. The van der Waals surface area contributed by atoms with Crippen LogP contribution in [0.4, 0.5) is 0 Å². The maximum absolute atomic E-state index is 13.2. The summed E-state index contributed by atoms with van der Waals surface area (Å²) in [6, 6.07) is 12.0. The molecule has 35 heavy (non-hydrogen) atoms. The number of hydrogen-bond donors (Lipinski definition) is 0. The molecule has 7 nitrogen and oxygen atoms in total. The van der Waals surface area contributed by atoms with Gasteiger partial charge < -0.3 is 9.30 Å².